The predicted octanol–water partition coefficient (Wildman–Crippen LogP) is 4.44. The Kier molecular flexibility index (Phi) is 6.34. The summed E-state index contributed by atoms with van der Waals surface area (Å²) >= 11 is 0. The SMILES string of the molecule is CCOc1ccc(C(=O)Nc2ccc(S(=O)(=O)N[C@H](C)[C@H]3C[C@@H]4CC[C@@H]3C4)cc2)cc1. The fourth-order valence-corrected chi connectivity index (χ4v) is 6.39. The van der Waals surface area contributed by atoms with Crippen molar-refractivity contribution in [3.8, 4) is 5.75 Å². The molecule has 0 spiro atoms. The monoisotopic (exact) mass is 442 g/mol. The molecule has 166 valence electrons. The number of ether oxygens (including phenoxy) is 1. The highest BCUT2D eigenvalue weighted by atomic mass is 32.2. The maximum atomic E-state index is 12.8. The van der Waals surface area contributed by atoms with E-state index in [1.807, 2.05) is 13.8 Å². The van der Waals surface area contributed by atoms with Gasteiger partial charge in [0.1, 0.15) is 5.75 Å². The van der Waals surface area contributed by atoms with Crippen LogP contribution in [0.15, 0.2) is 53.4 Å². The number of fused-ring (bicyclic) bond motifs is 2. The third-order valence-electron chi connectivity index (χ3n) is 6.63. The molecular formula is C24H30N2O4S. The average molecular weight is 443 g/mol. The first-order valence-corrected chi connectivity index (χ1v) is 12.5. The van der Waals surface area contributed by atoms with Crippen LogP contribution in [0.1, 0.15) is 49.9 Å². The van der Waals surface area contributed by atoms with Gasteiger partial charge in [0.2, 0.25) is 10.0 Å². The lowest BCUT2D eigenvalue weighted by atomic mass is 9.84. The van der Waals surface area contributed by atoms with E-state index in [0.29, 0.717) is 35.4 Å². The Morgan fingerprint density at radius 3 is 2.35 bits per heavy atom. The van der Waals surface area contributed by atoms with E-state index in [1.165, 1.54) is 31.4 Å². The van der Waals surface area contributed by atoms with E-state index in [1.54, 1.807) is 36.4 Å². The van der Waals surface area contributed by atoms with Gasteiger partial charge in [-0.05, 0) is 99.4 Å². The third kappa shape index (κ3) is 4.93. The maximum absolute atomic E-state index is 12.8. The summed E-state index contributed by atoms with van der Waals surface area (Å²) in [4.78, 5) is 12.6. The molecule has 1 amide bonds. The smallest absolute Gasteiger partial charge is 0.255 e. The van der Waals surface area contributed by atoms with Crippen LogP contribution in [0.2, 0.25) is 0 Å². The van der Waals surface area contributed by atoms with Crippen molar-refractivity contribution in [2.45, 2.75) is 50.5 Å². The zero-order valence-electron chi connectivity index (χ0n) is 18.0. The second-order valence-corrected chi connectivity index (χ2v) is 10.4. The molecular weight excluding hydrogens is 412 g/mol. The van der Waals surface area contributed by atoms with E-state index < -0.39 is 10.0 Å². The van der Waals surface area contributed by atoms with Crippen LogP contribution in [0.5, 0.6) is 5.75 Å². The zero-order chi connectivity index (χ0) is 22.0. The number of amides is 1. The molecule has 6 nitrogen and oxygen atoms in total. The fraction of sp³-hybridized carbons (Fsp3) is 0.458. The number of sulfonamides is 1. The topological polar surface area (TPSA) is 84.5 Å². The predicted molar refractivity (Wildman–Crippen MR) is 121 cm³/mol. The molecule has 31 heavy (non-hydrogen) atoms. The van der Waals surface area contributed by atoms with Gasteiger partial charge in [-0.1, -0.05) is 6.42 Å². The minimum atomic E-state index is -3.60. The number of rotatable bonds is 8. The molecule has 2 aliphatic rings. The minimum Gasteiger partial charge on any atom is -0.494 e. The molecule has 2 aromatic rings. The van der Waals surface area contributed by atoms with Gasteiger partial charge in [-0.3, -0.25) is 4.79 Å². The number of hydrogen-bond acceptors (Lipinski definition) is 4. The summed E-state index contributed by atoms with van der Waals surface area (Å²) in [6.45, 7) is 4.45. The quantitative estimate of drug-likeness (QED) is 0.633. The van der Waals surface area contributed by atoms with E-state index in [4.69, 9.17) is 4.74 Å². The van der Waals surface area contributed by atoms with Gasteiger partial charge < -0.3 is 10.1 Å². The molecule has 2 aliphatic carbocycles. The highest BCUT2D eigenvalue weighted by Crippen LogP contribution is 2.49. The van der Waals surface area contributed by atoms with Crippen LogP contribution in [0.4, 0.5) is 5.69 Å². The van der Waals surface area contributed by atoms with Gasteiger partial charge in [0.05, 0.1) is 11.5 Å². The largest absolute Gasteiger partial charge is 0.494 e. The van der Waals surface area contributed by atoms with Gasteiger partial charge in [0.25, 0.3) is 5.91 Å². The minimum absolute atomic E-state index is 0.0701. The number of nitrogens with one attached hydrogen (secondary N) is 2. The van der Waals surface area contributed by atoms with Gasteiger partial charge in [-0.25, -0.2) is 13.1 Å². The third-order valence-corrected chi connectivity index (χ3v) is 8.20. The number of hydrogen-bond donors (Lipinski definition) is 2. The van der Waals surface area contributed by atoms with Gasteiger partial charge >= 0.3 is 0 Å². The van der Waals surface area contributed by atoms with Crippen LogP contribution in [0.25, 0.3) is 0 Å². The Hall–Kier alpha value is -2.38. The van der Waals surface area contributed by atoms with Crippen molar-refractivity contribution in [1.82, 2.24) is 4.72 Å². The molecule has 2 fully saturated rings. The van der Waals surface area contributed by atoms with E-state index in [2.05, 4.69) is 10.0 Å². The molecule has 0 saturated heterocycles. The number of carbonyl (C=O) groups is 1. The summed E-state index contributed by atoms with van der Waals surface area (Å²) < 4.78 is 33.9. The number of carbonyl (C=O) groups excluding carboxylic acids is 1. The van der Waals surface area contributed by atoms with Gasteiger partial charge in [-0.2, -0.15) is 0 Å². The first kappa shape index (κ1) is 21.8. The van der Waals surface area contributed by atoms with Crippen LogP contribution < -0.4 is 14.8 Å². The Balaban J connectivity index is 1.37. The van der Waals surface area contributed by atoms with Crippen molar-refractivity contribution in [3.05, 3.63) is 54.1 Å². The summed E-state index contributed by atoms with van der Waals surface area (Å²) in [7, 11) is -3.60. The summed E-state index contributed by atoms with van der Waals surface area (Å²) in [5.41, 5.74) is 1.04. The Labute approximate surface area is 184 Å². The summed E-state index contributed by atoms with van der Waals surface area (Å²) in [6, 6.07) is 13.1. The molecule has 0 heterocycles. The standard InChI is InChI=1S/C24H30N2O4S/c1-3-30-21-10-6-18(7-11-21)24(27)25-20-8-12-22(13-9-20)31(28,29)26-16(2)23-15-17-4-5-19(23)14-17/h6-13,16-17,19,23,26H,3-5,14-15H2,1-2H3,(H,25,27)/t16-,17-,19-,23-/m1/s1. The first-order valence-electron chi connectivity index (χ1n) is 11.0. The molecule has 2 bridgehead atoms. The van der Waals surface area contributed by atoms with Crippen molar-refractivity contribution >= 4 is 21.6 Å². The number of benzene rings is 2. The fourth-order valence-electron chi connectivity index (χ4n) is 5.10. The normalized spacial score (nSPS) is 23.5. The van der Waals surface area contributed by atoms with Gasteiger partial charge in [0.15, 0.2) is 0 Å². The Morgan fingerprint density at radius 1 is 1.06 bits per heavy atom. The lowest BCUT2D eigenvalue weighted by molar-refractivity contribution is 0.102. The van der Waals surface area contributed by atoms with Crippen molar-refractivity contribution in [1.29, 1.82) is 0 Å². The number of anilines is 1. The van der Waals surface area contributed by atoms with E-state index in [-0.39, 0.29) is 16.8 Å². The molecule has 0 unspecified atom stereocenters. The van der Waals surface area contributed by atoms with E-state index in [0.717, 1.165) is 12.3 Å². The maximum Gasteiger partial charge on any atom is 0.255 e. The van der Waals surface area contributed by atoms with Crippen LogP contribution in [-0.2, 0) is 10.0 Å². The summed E-state index contributed by atoms with van der Waals surface area (Å²) in [5.74, 6) is 2.31. The summed E-state index contributed by atoms with van der Waals surface area (Å²) in [5, 5.41) is 2.80. The molecule has 0 aromatic heterocycles. The molecule has 4 atom stereocenters. The second-order valence-electron chi connectivity index (χ2n) is 8.68. The molecule has 0 radical (unpaired) electrons. The van der Waals surface area contributed by atoms with Crippen molar-refractivity contribution in [3.63, 3.8) is 0 Å². The molecule has 2 saturated carbocycles. The lowest BCUT2D eigenvalue weighted by Crippen LogP contribution is -2.40. The van der Waals surface area contributed by atoms with E-state index in [9.17, 15) is 13.2 Å². The van der Waals surface area contributed by atoms with Crippen molar-refractivity contribution < 1.29 is 17.9 Å². The Morgan fingerprint density at radius 2 is 1.77 bits per heavy atom. The van der Waals surface area contributed by atoms with Gasteiger partial charge in [0, 0.05) is 17.3 Å². The molecule has 0 aliphatic heterocycles. The lowest BCUT2D eigenvalue weighted by Gasteiger charge is -2.28. The van der Waals surface area contributed by atoms with Crippen LogP contribution in [0.3, 0.4) is 0 Å². The highest BCUT2D eigenvalue weighted by molar-refractivity contribution is 7.89. The average Bonchev–Trinajstić information content (AvgIpc) is 3.38. The van der Waals surface area contributed by atoms with Crippen LogP contribution >= 0.6 is 0 Å². The summed E-state index contributed by atoms with van der Waals surface area (Å²) in [6.07, 6.45) is 4.90. The molecule has 7 heteroatoms. The molecule has 2 N–H and O–H groups in total. The second kappa shape index (κ2) is 9.01. The first-order chi connectivity index (χ1) is 14.9. The van der Waals surface area contributed by atoms with Crippen molar-refractivity contribution in [2.75, 3.05) is 11.9 Å². The van der Waals surface area contributed by atoms with Crippen LogP contribution in [0, 0.1) is 17.8 Å². The zero-order valence-corrected chi connectivity index (χ0v) is 18.8. The van der Waals surface area contributed by atoms with Crippen LogP contribution in [-0.4, -0.2) is 27.0 Å². The van der Waals surface area contributed by atoms with Crippen molar-refractivity contribution in [2.24, 2.45) is 17.8 Å². The molecule has 2 aromatic carbocycles. The van der Waals surface area contributed by atoms with E-state index >= 15 is 0 Å². The molecule has 4 rings (SSSR count). The van der Waals surface area contributed by atoms with Gasteiger partial charge in [-0.15, -0.1) is 0 Å². The highest BCUT2D eigenvalue weighted by Gasteiger charge is 2.42. The Bertz CT molecular complexity index is 1020.